The van der Waals surface area contributed by atoms with Crippen LogP contribution in [0, 0.1) is 0 Å². The average molecular weight is 410 g/mol. The van der Waals surface area contributed by atoms with Gasteiger partial charge in [0.05, 0.1) is 24.8 Å². The molecule has 1 fully saturated rings. The van der Waals surface area contributed by atoms with Crippen molar-refractivity contribution >= 4 is 29.1 Å². The maximum absolute atomic E-state index is 12.1. The summed E-state index contributed by atoms with van der Waals surface area (Å²) in [7, 11) is 0. The van der Waals surface area contributed by atoms with Gasteiger partial charge in [0.1, 0.15) is 17.2 Å². The molecule has 0 spiro atoms. The lowest BCUT2D eigenvalue weighted by molar-refractivity contribution is -0.135. The fraction of sp³-hybridized carbons (Fsp3) is 0.350. The third-order valence-electron chi connectivity index (χ3n) is 4.11. The van der Waals surface area contributed by atoms with Crippen molar-refractivity contribution in [2.75, 3.05) is 32.9 Å². The van der Waals surface area contributed by atoms with E-state index in [-0.39, 0.29) is 5.91 Å². The molecular weight excluding hydrogens is 389 g/mol. The van der Waals surface area contributed by atoms with Gasteiger partial charge in [-0.1, -0.05) is 23.2 Å². The molecule has 1 aliphatic rings. The predicted molar refractivity (Wildman–Crippen MR) is 105 cm³/mol. The molecule has 27 heavy (non-hydrogen) atoms. The number of benzene rings is 2. The number of hydrogen-bond acceptors (Lipinski definition) is 4. The molecule has 5 nitrogen and oxygen atoms in total. The first-order valence-electron chi connectivity index (χ1n) is 8.83. The van der Waals surface area contributed by atoms with E-state index in [0.29, 0.717) is 67.3 Å². The molecule has 0 aliphatic carbocycles. The van der Waals surface area contributed by atoms with Crippen LogP contribution in [0.2, 0.25) is 10.0 Å². The van der Waals surface area contributed by atoms with Gasteiger partial charge in [-0.2, -0.15) is 0 Å². The molecule has 144 valence electrons. The van der Waals surface area contributed by atoms with Crippen LogP contribution in [0.1, 0.15) is 12.8 Å². The Kier molecular flexibility index (Phi) is 7.21. The van der Waals surface area contributed by atoms with Crippen LogP contribution in [0.4, 0.5) is 0 Å². The van der Waals surface area contributed by atoms with Crippen molar-refractivity contribution in [3.63, 3.8) is 0 Å². The van der Waals surface area contributed by atoms with E-state index in [0.717, 1.165) is 5.75 Å². The second-order valence-corrected chi connectivity index (χ2v) is 6.94. The molecule has 1 aliphatic heterocycles. The van der Waals surface area contributed by atoms with Crippen molar-refractivity contribution in [3.8, 4) is 17.2 Å². The van der Waals surface area contributed by atoms with Crippen LogP contribution in [-0.4, -0.2) is 43.7 Å². The highest BCUT2D eigenvalue weighted by Gasteiger charge is 2.16. The van der Waals surface area contributed by atoms with Crippen LogP contribution in [-0.2, 0) is 9.53 Å². The minimum atomic E-state index is 0.158. The number of hydrogen-bond donors (Lipinski definition) is 0. The van der Waals surface area contributed by atoms with Crippen molar-refractivity contribution < 1.29 is 19.0 Å². The van der Waals surface area contributed by atoms with Gasteiger partial charge in [-0.3, -0.25) is 4.79 Å². The quantitative estimate of drug-likeness (QED) is 0.615. The zero-order valence-corrected chi connectivity index (χ0v) is 16.3. The molecule has 0 N–H and O–H groups in total. The molecule has 1 heterocycles. The summed E-state index contributed by atoms with van der Waals surface area (Å²) < 4.78 is 16.7. The molecular formula is C20H21Cl2NO4. The van der Waals surface area contributed by atoms with Crippen molar-refractivity contribution in [1.29, 1.82) is 0 Å². The highest BCUT2D eigenvalue weighted by molar-refractivity contribution is 6.35. The maximum atomic E-state index is 12.1. The number of nitrogens with zero attached hydrogens (tertiary/aromatic N) is 1. The molecule has 0 unspecified atom stereocenters. The van der Waals surface area contributed by atoms with E-state index in [9.17, 15) is 4.79 Å². The van der Waals surface area contributed by atoms with E-state index < -0.39 is 0 Å². The monoisotopic (exact) mass is 409 g/mol. The van der Waals surface area contributed by atoms with Crippen molar-refractivity contribution in [2.24, 2.45) is 0 Å². The lowest BCUT2D eigenvalue weighted by atomic mass is 10.2. The third-order valence-corrected chi connectivity index (χ3v) is 4.64. The molecule has 2 aromatic rings. The molecule has 0 radical (unpaired) electrons. The fourth-order valence-electron chi connectivity index (χ4n) is 2.67. The molecule has 2 aromatic carbocycles. The van der Waals surface area contributed by atoms with Crippen LogP contribution in [0.5, 0.6) is 17.2 Å². The summed E-state index contributed by atoms with van der Waals surface area (Å²) in [5.41, 5.74) is 0. The Morgan fingerprint density at radius 3 is 2.44 bits per heavy atom. The summed E-state index contributed by atoms with van der Waals surface area (Å²) in [5.74, 6) is 2.07. The number of carbonyl (C=O) groups excluding carboxylic acids is 1. The number of halogens is 2. The predicted octanol–water partition coefficient (Wildman–Crippen LogP) is 4.80. The summed E-state index contributed by atoms with van der Waals surface area (Å²) in [6.45, 7) is 3.09. The van der Waals surface area contributed by atoms with Crippen molar-refractivity contribution in [3.05, 3.63) is 52.5 Å². The van der Waals surface area contributed by atoms with Gasteiger partial charge >= 0.3 is 0 Å². The van der Waals surface area contributed by atoms with Crippen LogP contribution < -0.4 is 9.47 Å². The van der Waals surface area contributed by atoms with Crippen LogP contribution >= 0.6 is 23.2 Å². The molecule has 3 rings (SSSR count). The minimum Gasteiger partial charge on any atom is -0.494 e. The summed E-state index contributed by atoms with van der Waals surface area (Å²) >= 11 is 12.0. The number of ether oxygens (including phenoxy) is 3. The van der Waals surface area contributed by atoms with Gasteiger partial charge in [0.2, 0.25) is 5.91 Å². The van der Waals surface area contributed by atoms with Crippen molar-refractivity contribution in [1.82, 2.24) is 4.90 Å². The SMILES string of the molecule is O=C(CCCOc1ccc(Oc2ccc(Cl)cc2Cl)cc1)N1CCOCC1. The summed E-state index contributed by atoms with van der Waals surface area (Å²) in [4.78, 5) is 13.9. The van der Waals surface area contributed by atoms with Crippen LogP contribution in [0.3, 0.4) is 0 Å². The second kappa shape index (κ2) is 9.83. The fourth-order valence-corrected chi connectivity index (χ4v) is 3.12. The summed E-state index contributed by atoms with van der Waals surface area (Å²) in [6.07, 6.45) is 1.16. The number of rotatable bonds is 7. The molecule has 1 amide bonds. The summed E-state index contributed by atoms with van der Waals surface area (Å²) in [6, 6.07) is 12.3. The number of amides is 1. The van der Waals surface area contributed by atoms with Crippen LogP contribution in [0.25, 0.3) is 0 Å². The zero-order chi connectivity index (χ0) is 19.1. The van der Waals surface area contributed by atoms with E-state index in [4.69, 9.17) is 37.4 Å². The summed E-state index contributed by atoms with van der Waals surface area (Å²) in [5, 5.41) is 1.01. The molecule has 7 heteroatoms. The first-order valence-corrected chi connectivity index (χ1v) is 9.59. The molecule has 0 saturated carbocycles. The van der Waals surface area contributed by atoms with Gasteiger partial charge in [-0.15, -0.1) is 0 Å². The van der Waals surface area contributed by atoms with Gasteiger partial charge in [-0.05, 0) is 48.9 Å². The van der Waals surface area contributed by atoms with Gasteiger partial charge in [0.25, 0.3) is 0 Å². The average Bonchev–Trinajstić information content (AvgIpc) is 2.69. The largest absolute Gasteiger partial charge is 0.494 e. The first-order chi connectivity index (χ1) is 13.1. The number of morpholine rings is 1. The smallest absolute Gasteiger partial charge is 0.222 e. The molecule has 1 saturated heterocycles. The van der Waals surface area contributed by atoms with E-state index in [1.165, 1.54) is 0 Å². The lowest BCUT2D eigenvalue weighted by Crippen LogP contribution is -2.40. The molecule has 0 aromatic heterocycles. The zero-order valence-electron chi connectivity index (χ0n) is 14.8. The highest BCUT2D eigenvalue weighted by Crippen LogP contribution is 2.32. The Hall–Kier alpha value is -1.95. The Balaban J connectivity index is 1.41. The Labute approximate surface area is 168 Å². The van der Waals surface area contributed by atoms with Crippen molar-refractivity contribution in [2.45, 2.75) is 12.8 Å². The van der Waals surface area contributed by atoms with Gasteiger partial charge in [0, 0.05) is 24.5 Å². The third kappa shape index (κ3) is 6.03. The Morgan fingerprint density at radius 1 is 1.04 bits per heavy atom. The first kappa shape index (κ1) is 19.8. The molecule has 0 bridgehead atoms. The minimum absolute atomic E-state index is 0.158. The van der Waals surface area contributed by atoms with Gasteiger partial charge in [-0.25, -0.2) is 0 Å². The normalized spacial score (nSPS) is 14.1. The van der Waals surface area contributed by atoms with E-state index in [1.807, 2.05) is 17.0 Å². The van der Waals surface area contributed by atoms with Crippen LogP contribution in [0.15, 0.2) is 42.5 Å². The van der Waals surface area contributed by atoms with Gasteiger partial charge in [0.15, 0.2) is 0 Å². The Morgan fingerprint density at radius 2 is 1.74 bits per heavy atom. The second-order valence-electron chi connectivity index (χ2n) is 6.09. The lowest BCUT2D eigenvalue weighted by Gasteiger charge is -2.26. The van der Waals surface area contributed by atoms with E-state index in [2.05, 4.69) is 0 Å². The highest BCUT2D eigenvalue weighted by atomic mass is 35.5. The standard InChI is InChI=1S/C20H21Cl2NO4/c21-15-3-8-19(18(22)14-15)27-17-6-4-16(5-7-17)26-11-1-2-20(24)23-9-12-25-13-10-23/h3-8,14H,1-2,9-13H2. The number of carbonyl (C=O) groups is 1. The van der Waals surface area contributed by atoms with E-state index >= 15 is 0 Å². The topological polar surface area (TPSA) is 48.0 Å². The molecule has 0 atom stereocenters. The maximum Gasteiger partial charge on any atom is 0.222 e. The van der Waals surface area contributed by atoms with E-state index in [1.54, 1.807) is 30.3 Å². The Bertz CT molecular complexity index is 761. The van der Waals surface area contributed by atoms with Gasteiger partial charge < -0.3 is 19.1 Å².